The van der Waals surface area contributed by atoms with E-state index in [0.717, 1.165) is 6.07 Å². The van der Waals surface area contributed by atoms with Crippen molar-refractivity contribution >= 4 is 23.2 Å². The van der Waals surface area contributed by atoms with Crippen LogP contribution in [0.5, 0.6) is 5.88 Å². The highest BCUT2D eigenvalue weighted by atomic mass is 35.5. The molecule has 0 atom stereocenters. The van der Waals surface area contributed by atoms with Crippen molar-refractivity contribution in [3.8, 4) is 5.88 Å². The summed E-state index contributed by atoms with van der Waals surface area (Å²) in [4.78, 5) is 26.2. The first kappa shape index (κ1) is 13.2. The third-order valence-electron chi connectivity index (χ3n) is 1.83. The normalized spacial score (nSPS) is 9.82. The predicted octanol–water partition coefficient (Wildman–Crippen LogP) is 1.11. The molecule has 0 saturated carbocycles. The van der Waals surface area contributed by atoms with Gasteiger partial charge >= 0.3 is 5.69 Å². The second-order valence-corrected chi connectivity index (χ2v) is 3.75. The zero-order valence-electron chi connectivity index (χ0n) is 9.21. The van der Waals surface area contributed by atoms with Crippen LogP contribution in [0.4, 0.5) is 5.69 Å². The number of nitrogens with zero attached hydrogens (tertiary/aromatic N) is 3. The van der Waals surface area contributed by atoms with Gasteiger partial charge in [-0.3, -0.25) is 14.9 Å². The number of pyridine rings is 1. The smallest absolute Gasteiger partial charge is 0.332 e. The number of ether oxygens (including phenoxy) is 1. The van der Waals surface area contributed by atoms with E-state index in [2.05, 4.69) is 4.98 Å². The van der Waals surface area contributed by atoms with Gasteiger partial charge in [0, 0.05) is 20.2 Å². The molecule has 0 fully saturated rings. The molecule has 0 aliphatic carbocycles. The highest BCUT2D eigenvalue weighted by Crippen LogP contribution is 2.26. The van der Waals surface area contributed by atoms with Crippen LogP contribution < -0.4 is 4.74 Å². The van der Waals surface area contributed by atoms with Crippen molar-refractivity contribution in [1.82, 2.24) is 9.88 Å². The number of hydrogen-bond donors (Lipinski definition) is 0. The van der Waals surface area contributed by atoms with Gasteiger partial charge < -0.3 is 9.64 Å². The number of hydrogen-bond acceptors (Lipinski definition) is 5. The van der Waals surface area contributed by atoms with Gasteiger partial charge in [-0.05, 0) is 0 Å². The second-order valence-electron chi connectivity index (χ2n) is 3.31. The Hall–Kier alpha value is -1.89. The van der Waals surface area contributed by atoms with E-state index in [1.165, 1.54) is 11.1 Å². The summed E-state index contributed by atoms with van der Waals surface area (Å²) in [6, 6.07) is 1.12. The fourth-order valence-corrected chi connectivity index (χ4v) is 1.07. The van der Waals surface area contributed by atoms with E-state index in [9.17, 15) is 14.9 Å². The molecule has 0 unspecified atom stereocenters. The molecule has 0 aromatic carbocycles. The third kappa shape index (κ3) is 3.56. The summed E-state index contributed by atoms with van der Waals surface area (Å²) in [7, 11) is 3.10. The number of carbonyl (C=O) groups is 1. The number of halogens is 1. The van der Waals surface area contributed by atoms with Crippen molar-refractivity contribution in [2.45, 2.75) is 0 Å². The average Bonchev–Trinajstić information content (AvgIpc) is 2.26. The van der Waals surface area contributed by atoms with Crippen LogP contribution in [0, 0.1) is 10.1 Å². The van der Waals surface area contributed by atoms with Crippen LogP contribution in [0.3, 0.4) is 0 Å². The molecule has 1 aromatic heterocycles. The Balaban J connectivity index is 2.84. The third-order valence-corrected chi connectivity index (χ3v) is 2.03. The molecule has 17 heavy (non-hydrogen) atoms. The van der Waals surface area contributed by atoms with Gasteiger partial charge in [-0.2, -0.15) is 0 Å². The lowest BCUT2D eigenvalue weighted by Crippen LogP contribution is -2.27. The summed E-state index contributed by atoms with van der Waals surface area (Å²) in [5.74, 6) is -0.550. The van der Waals surface area contributed by atoms with Crippen LogP contribution in [0.2, 0.25) is 5.02 Å². The highest BCUT2D eigenvalue weighted by molar-refractivity contribution is 6.30. The number of likely N-dealkylation sites (N-methyl/N-ethyl adjacent to an activating group) is 1. The van der Waals surface area contributed by atoms with Crippen LogP contribution in [0.25, 0.3) is 0 Å². The fourth-order valence-electron chi connectivity index (χ4n) is 0.917. The van der Waals surface area contributed by atoms with Crippen LogP contribution in [-0.2, 0) is 4.79 Å². The molecule has 0 bridgehead atoms. The highest BCUT2D eigenvalue weighted by Gasteiger charge is 2.18. The Kier molecular flexibility index (Phi) is 4.22. The first-order valence-electron chi connectivity index (χ1n) is 4.54. The molecule has 0 N–H and O–H groups in total. The van der Waals surface area contributed by atoms with Gasteiger partial charge in [0.05, 0.1) is 16.1 Å². The minimum absolute atomic E-state index is 0.128. The topological polar surface area (TPSA) is 85.6 Å². The van der Waals surface area contributed by atoms with Crippen molar-refractivity contribution in [3.05, 3.63) is 27.4 Å². The zero-order valence-corrected chi connectivity index (χ0v) is 9.97. The maximum absolute atomic E-state index is 11.2. The van der Waals surface area contributed by atoms with Gasteiger partial charge in [-0.25, -0.2) is 4.98 Å². The van der Waals surface area contributed by atoms with Crippen LogP contribution in [-0.4, -0.2) is 41.4 Å². The Morgan fingerprint density at radius 3 is 2.82 bits per heavy atom. The van der Waals surface area contributed by atoms with Crippen molar-refractivity contribution in [2.24, 2.45) is 0 Å². The first-order chi connectivity index (χ1) is 7.91. The van der Waals surface area contributed by atoms with Gasteiger partial charge in [0.15, 0.2) is 6.61 Å². The van der Waals surface area contributed by atoms with Crippen molar-refractivity contribution in [3.63, 3.8) is 0 Å². The summed E-state index contributed by atoms with van der Waals surface area (Å²) in [6.45, 7) is -0.317. The summed E-state index contributed by atoms with van der Waals surface area (Å²) < 4.78 is 4.97. The Morgan fingerprint density at radius 1 is 1.65 bits per heavy atom. The lowest BCUT2D eigenvalue weighted by Gasteiger charge is -2.10. The van der Waals surface area contributed by atoms with Crippen molar-refractivity contribution in [1.29, 1.82) is 0 Å². The Bertz CT molecular complexity index is 450. The largest absolute Gasteiger partial charge is 0.463 e. The maximum Gasteiger partial charge on any atom is 0.332 e. The lowest BCUT2D eigenvalue weighted by molar-refractivity contribution is -0.386. The molecule has 92 valence electrons. The van der Waals surface area contributed by atoms with Crippen LogP contribution in [0.1, 0.15) is 0 Å². The van der Waals surface area contributed by atoms with E-state index in [1.807, 2.05) is 0 Å². The number of carbonyl (C=O) groups excluding carboxylic acids is 1. The van der Waals surface area contributed by atoms with Gasteiger partial charge in [0.2, 0.25) is 0 Å². The summed E-state index contributed by atoms with van der Waals surface area (Å²) >= 11 is 5.58. The van der Waals surface area contributed by atoms with E-state index < -0.39 is 4.92 Å². The molecule has 0 aliphatic heterocycles. The van der Waals surface area contributed by atoms with Gasteiger partial charge in [-0.15, -0.1) is 0 Å². The van der Waals surface area contributed by atoms with E-state index >= 15 is 0 Å². The van der Waals surface area contributed by atoms with E-state index in [4.69, 9.17) is 16.3 Å². The molecular weight excluding hydrogens is 250 g/mol. The van der Waals surface area contributed by atoms with Gasteiger partial charge in [0.25, 0.3) is 11.8 Å². The molecule has 0 saturated heterocycles. The number of aromatic nitrogens is 1. The molecule has 0 radical (unpaired) electrons. The minimum Gasteiger partial charge on any atom is -0.463 e. The molecule has 0 spiro atoms. The summed E-state index contributed by atoms with van der Waals surface area (Å²) in [5.41, 5.74) is -0.371. The number of rotatable bonds is 4. The molecule has 1 rings (SSSR count). The quantitative estimate of drug-likeness (QED) is 0.597. The predicted molar refractivity (Wildman–Crippen MR) is 60.1 cm³/mol. The molecule has 0 aliphatic rings. The zero-order chi connectivity index (χ0) is 13.0. The average molecular weight is 260 g/mol. The van der Waals surface area contributed by atoms with E-state index in [-0.39, 0.29) is 29.1 Å². The molecule has 1 heterocycles. The second kappa shape index (κ2) is 5.44. The lowest BCUT2D eigenvalue weighted by atomic mass is 10.4. The van der Waals surface area contributed by atoms with Crippen LogP contribution in [0.15, 0.2) is 12.3 Å². The molecule has 1 aromatic rings. The van der Waals surface area contributed by atoms with Gasteiger partial charge in [-0.1, -0.05) is 11.6 Å². The van der Waals surface area contributed by atoms with Crippen LogP contribution >= 0.6 is 11.6 Å². The first-order valence-corrected chi connectivity index (χ1v) is 4.92. The fraction of sp³-hybridized carbons (Fsp3) is 0.333. The monoisotopic (exact) mass is 259 g/mol. The summed E-state index contributed by atoms with van der Waals surface area (Å²) in [6.07, 6.45) is 1.21. The van der Waals surface area contributed by atoms with Gasteiger partial charge in [0.1, 0.15) is 0 Å². The van der Waals surface area contributed by atoms with E-state index in [0.29, 0.717) is 0 Å². The molecular formula is C9H10ClN3O4. The van der Waals surface area contributed by atoms with Crippen molar-refractivity contribution < 1.29 is 14.5 Å². The molecule has 7 nitrogen and oxygen atoms in total. The molecule has 8 heteroatoms. The Labute approximate surface area is 102 Å². The molecule has 1 amide bonds. The number of amides is 1. The standard InChI is InChI=1S/C9H10ClN3O4/c1-12(2)8(14)5-17-9-7(13(15)16)3-6(10)4-11-9/h3-4H,5H2,1-2H3. The summed E-state index contributed by atoms with van der Waals surface area (Å²) in [5, 5.41) is 10.8. The minimum atomic E-state index is -0.672. The SMILES string of the molecule is CN(C)C(=O)COc1ncc(Cl)cc1[N+](=O)[O-]. The van der Waals surface area contributed by atoms with Crippen molar-refractivity contribution in [2.75, 3.05) is 20.7 Å². The number of nitro groups is 1. The van der Waals surface area contributed by atoms with E-state index in [1.54, 1.807) is 14.1 Å². The maximum atomic E-state index is 11.2. The Morgan fingerprint density at radius 2 is 2.29 bits per heavy atom.